The Morgan fingerprint density at radius 1 is 1.23 bits per heavy atom. The number of hydrogen-bond donors (Lipinski definition) is 1. The maximum atomic E-state index is 12.8. The number of nitrogens with zero attached hydrogens (tertiary/aromatic N) is 2. The number of carbonyl (C=O) groups is 2. The standard InChI is InChI=1S/C19H21N3O2S2/c1-13-18(23)20-16-11-14(4-5-17(16)26-13)19(24)22-8-6-21(7-9-22)12-15-3-2-10-25-15/h2-5,10-11,13H,6-9,12H2,1H3,(H,20,23). The van der Waals surface area contributed by atoms with Gasteiger partial charge in [-0.15, -0.1) is 23.1 Å². The van der Waals surface area contributed by atoms with Crippen LogP contribution in [0.4, 0.5) is 5.69 Å². The second kappa shape index (κ2) is 7.42. The van der Waals surface area contributed by atoms with Crippen LogP contribution in [-0.4, -0.2) is 53.0 Å². The van der Waals surface area contributed by atoms with E-state index in [0.29, 0.717) is 5.56 Å². The highest BCUT2D eigenvalue weighted by Crippen LogP contribution is 2.36. The number of hydrogen-bond acceptors (Lipinski definition) is 5. The number of fused-ring (bicyclic) bond motifs is 1. The quantitative estimate of drug-likeness (QED) is 0.879. The Labute approximate surface area is 161 Å². The summed E-state index contributed by atoms with van der Waals surface area (Å²) in [6, 6.07) is 9.86. The van der Waals surface area contributed by atoms with Crippen LogP contribution in [0, 0.1) is 0 Å². The first-order chi connectivity index (χ1) is 12.6. The molecule has 0 saturated carbocycles. The van der Waals surface area contributed by atoms with Crippen LogP contribution in [0.15, 0.2) is 40.6 Å². The number of thiophene rings is 1. The second-order valence-electron chi connectivity index (χ2n) is 6.61. The summed E-state index contributed by atoms with van der Waals surface area (Å²) in [5, 5.41) is 4.91. The summed E-state index contributed by atoms with van der Waals surface area (Å²) in [5.74, 6) is 0.0377. The van der Waals surface area contributed by atoms with Crippen LogP contribution < -0.4 is 5.32 Å². The number of rotatable bonds is 3. The van der Waals surface area contributed by atoms with Crippen molar-refractivity contribution in [3.63, 3.8) is 0 Å². The third-order valence-corrected chi connectivity index (χ3v) is 6.82. The maximum Gasteiger partial charge on any atom is 0.254 e. The number of nitrogens with one attached hydrogen (secondary N) is 1. The van der Waals surface area contributed by atoms with Gasteiger partial charge in [-0.25, -0.2) is 0 Å². The van der Waals surface area contributed by atoms with Crippen molar-refractivity contribution in [1.82, 2.24) is 9.80 Å². The highest BCUT2D eigenvalue weighted by atomic mass is 32.2. The molecule has 2 aliphatic rings. The van der Waals surface area contributed by atoms with E-state index in [1.807, 2.05) is 30.0 Å². The van der Waals surface area contributed by atoms with Crippen LogP contribution in [0.25, 0.3) is 0 Å². The van der Waals surface area contributed by atoms with E-state index in [2.05, 4.69) is 27.7 Å². The zero-order valence-corrected chi connectivity index (χ0v) is 16.2. The van der Waals surface area contributed by atoms with Gasteiger partial charge in [0, 0.05) is 48.1 Å². The number of thioether (sulfide) groups is 1. The minimum Gasteiger partial charge on any atom is -0.336 e. The molecule has 1 unspecified atom stereocenters. The Morgan fingerprint density at radius 2 is 2.04 bits per heavy atom. The average molecular weight is 388 g/mol. The summed E-state index contributed by atoms with van der Waals surface area (Å²) in [6.45, 7) is 6.09. The normalized spacial score (nSPS) is 20.6. The predicted molar refractivity (Wildman–Crippen MR) is 106 cm³/mol. The molecular formula is C19H21N3O2S2. The van der Waals surface area contributed by atoms with E-state index in [-0.39, 0.29) is 17.1 Å². The molecule has 0 bridgehead atoms. The number of anilines is 1. The van der Waals surface area contributed by atoms with Gasteiger partial charge in [-0.1, -0.05) is 6.07 Å². The van der Waals surface area contributed by atoms with Crippen LogP contribution in [0.2, 0.25) is 0 Å². The summed E-state index contributed by atoms with van der Waals surface area (Å²) in [6.07, 6.45) is 0. The van der Waals surface area contributed by atoms with Crippen molar-refractivity contribution in [2.24, 2.45) is 0 Å². The first-order valence-electron chi connectivity index (χ1n) is 8.76. The molecule has 0 spiro atoms. The molecule has 2 amide bonds. The van der Waals surface area contributed by atoms with Crippen molar-refractivity contribution in [2.75, 3.05) is 31.5 Å². The fourth-order valence-corrected chi connectivity index (χ4v) is 4.93. The van der Waals surface area contributed by atoms with E-state index >= 15 is 0 Å². The molecule has 1 atom stereocenters. The van der Waals surface area contributed by atoms with Gasteiger partial charge in [0.1, 0.15) is 0 Å². The number of benzene rings is 1. The molecule has 26 heavy (non-hydrogen) atoms. The fourth-order valence-electron chi connectivity index (χ4n) is 3.26. The van der Waals surface area contributed by atoms with Crippen LogP contribution in [0.3, 0.4) is 0 Å². The Bertz CT molecular complexity index is 814. The summed E-state index contributed by atoms with van der Waals surface area (Å²) < 4.78 is 0. The van der Waals surface area contributed by atoms with Gasteiger partial charge >= 0.3 is 0 Å². The molecule has 1 fully saturated rings. The molecule has 1 aromatic heterocycles. The van der Waals surface area contributed by atoms with Crippen LogP contribution in [0.5, 0.6) is 0 Å². The van der Waals surface area contributed by atoms with Crippen molar-refractivity contribution < 1.29 is 9.59 Å². The molecule has 0 aliphatic carbocycles. The molecule has 0 radical (unpaired) electrons. The van der Waals surface area contributed by atoms with E-state index in [1.54, 1.807) is 11.3 Å². The van der Waals surface area contributed by atoms with Gasteiger partial charge in [0.25, 0.3) is 5.91 Å². The van der Waals surface area contributed by atoms with Crippen molar-refractivity contribution in [2.45, 2.75) is 23.6 Å². The van der Waals surface area contributed by atoms with Crippen LogP contribution in [-0.2, 0) is 11.3 Å². The summed E-state index contributed by atoms with van der Waals surface area (Å²) >= 11 is 3.31. The third-order valence-electron chi connectivity index (χ3n) is 4.78. The van der Waals surface area contributed by atoms with Crippen LogP contribution in [0.1, 0.15) is 22.2 Å². The second-order valence-corrected chi connectivity index (χ2v) is 9.02. The molecular weight excluding hydrogens is 366 g/mol. The van der Waals surface area contributed by atoms with Crippen molar-refractivity contribution in [3.05, 3.63) is 46.2 Å². The minimum absolute atomic E-state index is 0.00529. The highest BCUT2D eigenvalue weighted by Gasteiger charge is 2.26. The Hall–Kier alpha value is -1.83. The Kier molecular flexibility index (Phi) is 5.02. The zero-order chi connectivity index (χ0) is 18.1. The Morgan fingerprint density at radius 3 is 2.77 bits per heavy atom. The lowest BCUT2D eigenvalue weighted by molar-refractivity contribution is -0.115. The van der Waals surface area contributed by atoms with Gasteiger partial charge in [0.05, 0.1) is 10.9 Å². The summed E-state index contributed by atoms with van der Waals surface area (Å²) in [7, 11) is 0. The smallest absolute Gasteiger partial charge is 0.254 e. The van der Waals surface area contributed by atoms with E-state index in [4.69, 9.17) is 0 Å². The van der Waals surface area contributed by atoms with Crippen LogP contribution >= 0.6 is 23.1 Å². The van der Waals surface area contributed by atoms with E-state index < -0.39 is 0 Å². The molecule has 3 heterocycles. The van der Waals surface area contributed by atoms with Crippen molar-refractivity contribution in [1.29, 1.82) is 0 Å². The molecule has 2 aromatic rings. The SMILES string of the molecule is CC1Sc2ccc(C(=O)N3CCN(Cc4cccs4)CC3)cc2NC1=O. The molecule has 7 heteroatoms. The molecule has 4 rings (SSSR count). The highest BCUT2D eigenvalue weighted by molar-refractivity contribution is 8.00. The molecule has 2 aliphatic heterocycles. The van der Waals surface area contributed by atoms with Gasteiger partial charge in [-0.05, 0) is 36.6 Å². The zero-order valence-electron chi connectivity index (χ0n) is 14.6. The lowest BCUT2D eigenvalue weighted by Crippen LogP contribution is -2.48. The molecule has 5 nitrogen and oxygen atoms in total. The average Bonchev–Trinajstić information content (AvgIpc) is 3.15. The van der Waals surface area contributed by atoms with Gasteiger partial charge in [0.2, 0.25) is 5.91 Å². The Balaban J connectivity index is 1.39. The summed E-state index contributed by atoms with van der Waals surface area (Å²) in [4.78, 5) is 31.4. The van der Waals surface area contributed by atoms with Crippen molar-refractivity contribution >= 4 is 40.6 Å². The lowest BCUT2D eigenvalue weighted by Gasteiger charge is -2.34. The third kappa shape index (κ3) is 3.65. The van der Waals surface area contributed by atoms with E-state index in [9.17, 15) is 9.59 Å². The molecule has 1 saturated heterocycles. The van der Waals surface area contributed by atoms with Gasteiger partial charge in [0.15, 0.2) is 0 Å². The minimum atomic E-state index is -0.0968. The largest absolute Gasteiger partial charge is 0.336 e. The summed E-state index contributed by atoms with van der Waals surface area (Å²) in [5.41, 5.74) is 1.39. The van der Waals surface area contributed by atoms with E-state index in [1.165, 1.54) is 16.6 Å². The maximum absolute atomic E-state index is 12.8. The first kappa shape index (κ1) is 17.6. The fraction of sp³-hybridized carbons (Fsp3) is 0.368. The van der Waals surface area contributed by atoms with E-state index in [0.717, 1.165) is 43.3 Å². The van der Waals surface area contributed by atoms with Crippen molar-refractivity contribution in [3.8, 4) is 0 Å². The lowest BCUT2D eigenvalue weighted by atomic mass is 10.1. The predicted octanol–water partition coefficient (Wildman–Crippen LogP) is 3.14. The monoisotopic (exact) mass is 387 g/mol. The number of amides is 2. The first-order valence-corrected chi connectivity index (χ1v) is 10.5. The number of piperazine rings is 1. The van der Waals surface area contributed by atoms with Gasteiger partial charge < -0.3 is 10.2 Å². The van der Waals surface area contributed by atoms with Gasteiger partial charge in [-0.3, -0.25) is 14.5 Å². The molecule has 1 N–H and O–H groups in total. The van der Waals surface area contributed by atoms with Gasteiger partial charge in [-0.2, -0.15) is 0 Å². The topological polar surface area (TPSA) is 52.7 Å². The number of carbonyl (C=O) groups excluding carboxylic acids is 2. The molecule has 1 aromatic carbocycles. The molecule has 136 valence electrons.